The fraction of sp³-hybridized carbons (Fsp3) is 0.148. The molecule has 4 N–H and O–H groups in total. The van der Waals surface area contributed by atoms with Crippen LogP contribution in [0.3, 0.4) is 0 Å². The number of carbonyl (C=O) groups excluding carboxylic acids is 1. The zero-order valence-electron chi connectivity index (χ0n) is 20.0. The number of furan rings is 1. The van der Waals surface area contributed by atoms with Crippen molar-refractivity contribution in [1.29, 1.82) is 0 Å². The van der Waals surface area contributed by atoms with Gasteiger partial charge in [-0.05, 0) is 73.5 Å². The molecule has 0 aliphatic rings. The number of aromatic nitrogens is 2. The highest BCUT2D eigenvalue weighted by atomic mass is 35.5. The molecule has 5 aromatic rings. The zero-order valence-corrected chi connectivity index (χ0v) is 21.6. The predicted octanol–water partition coefficient (Wildman–Crippen LogP) is 5.81. The van der Waals surface area contributed by atoms with Gasteiger partial charge < -0.3 is 25.1 Å². The minimum absolute atomic E-state index is 0.205. The second kappa shape index (κ2) is 10.2. The summed E-state index contributed by atoms with van der Waals surface area (Å²) in [6.45, 7) is 3.80. The first-order chi connectivity index (χ1) is 17.8. The van der Waals surface area contributed by atoms with Gasteiger partial charge >= 0.3 is 0 Å². The number of aliphatic hydroxyl groups is 1. The van der Waals surface area contributed by atoms with Crippen LogP contribution in [-0.4, -0.2) is 21.2 Å². The molecule has 0 radical (unpaired) electrons. The van der Waals surface area contributed by atoms with E-state index in [1.54, 1.807) is 31.3 Å². The maximum atomic E-state index is 12.2. The lowest BCUT2D eigenvalue weighted by Crippen LogP contribution is -2.19. The van der Waals surface area contributed by atoms with Gasteiger partial charge in [0.05, 0.1) is 22.8 Å². The molecule has 188 valence electrons. The summed E-state index contributed by atoms with van der Waals surface area (Å²) < 4.78 is 11.1. The molecule has 4 aromatic heterocycles. The molecule has 0 bridgehead atoms. The zero-order chi connectivity index (χ0) is 26.1. The highest BCUT2D eigenvalue weighted by molar-refractivity contribution is 7.15. The van der Waals surface area contributed by atoms with Crippen LogP contribution in [0.1, 0.15) is 39.3 Å². The topological polar surface area (TPSA) is 127 Å². The molecule has 8 nitrogen and oxygen atoms in total. The molecule has 0 fully saturated rings. The molecule has 0 aliphatic carbocycles. The molecule has 10 heteroatoms. The maximum absolute atomic E-state index is 12.2. The lowest BCUT2D eigenvalue weighted by molar-refractivity contribution is -0.116. The number of nitrogen functional groups attached to an aromatic ring is 1. The third-order valence-corrected chi connectivity index (χ3v) is 7.31. The van der Waals surface area contributed by atoms with Crippen molar-refractivity contribution in [3.8, 4) is 10.4 Å². The molecular formula is C27H23ClN4O4S. The standard InChI is InChI=1S/C27H23ClN4O4S/c1-14-25(15(2)36-32-14)26(34)22-6-5-21(37-22)17-9-18-10-19(35-27(18)20(28)11-17)13-31-24(33)8-4-16-3-7-23(29)30-12-16/h3-12,26,34H,13H2,1-2H3,(H2,29,30)(H,31,33). The number of hydrogen-bond donors (Lipinski definition) is 3. The second-order valence-corrected chi connectivity index (χ2v) is 10.0. The number of aryl methyl sites for hydroxylation is 2. The Balaban J connectivity index is 1.30. The highest BCUT2D eigenvalue weighted by Gasteiger charge is 2.22. The van der Waals surface area contributed by atoms with Gasteiger partial charge in [0, 0.05) is 27.4 Å². The van der Waals surface area contributed by atoms with Crippen LogP contribution in [-0.2, 0) is 11.3 Å². The second-order valence-electron chi connectivity index (χ2n) is 8.50. The maximum Gasteiger partial charge on any atom is 0.244 e. The van der Waals surface area contributed by atoms with E-state index < -0.39 is 6.10 Å². The van der Waals surface area contributed by atoms with Crippen LogP contribution in [0.5, 0.6) is 0 Å². The summed E-state index contributed by atoms with van der Waals surface area (Å²) in [5, 5.41) is 18.9. The first kappa shape index (κ1) is 24.8. The van der Waals surface area contributed by atoms with E-state index >= 15 is 0 Å². The van der Waals surface area contributed by atoms with E-state index in [0.717, 1.165) is 26.3 Å². The molecule has 5 rings (SSSR count). The van der Waals surface area contributed by atoms with Crippen LogP contribution in [0.25, 0.3) is 27.5 Å². The van der Waals surface area contributed by atoms with Crippen molar-refractivity contribution in [2.45, 2.75) is 26.5 Å². The van der Waals surface area contributed by atoms with Crippen molar-refractivity contribution in [1.82, 2.24) is 15.5 Å². The smallest absolute Gasteiger partial charge is 0.244 e. The largest absolute Gasteiger partial charge is 0.458 e. The van der Waals surface area contributed by atoms with Crippen molar-refractivity contribution < 1.29 is 18.8 Å². The number of nitrogens with one attached hydrogen (secondary N) is 1. The summed E-state index contributed by atoms with van der Waals surface area (Å²) in [6, 6.07) is 12.9. The molecule has 1 atom stereocenters. The molecule has 1 amide bonds. The van der Waals surface area contributed by atoms with Gasteiger partial charge in [-0.15, -0.1) is 11.3 Å². The van der Waals surface area contributed by atoms with Gasteiger partial charge in [-0.25, -0.2) is 4.98 Å². The third kappa shape index (κ3) is 5.29. The van der Waals surface area contributed by atoms with Crippen LogP contribution in [0.15, 0.2) is 63.7 Å². The fourth-order valence-corrected chi connectivity index (χ4v) is 5.25. The predicted molar refractivity (Wildman–Crippen MR) is 144 cm³/mol. The van der Waals surface area contributed by atoms with Crippen molar-refractivity contribution in [2.75, 3.05) is 5.73 Å². The Kier molecular flexibility index (Phi) is 6.84. The summed E-state index contributed by atoms with van der Waals surface area (Å²) in [7, 11) is 0. The van der Waals surface area contributed by atoms with E-state index in [1.807, 2.05) is 37.3 Å². The van der Waals surface area contributed by atoms with Crippen molar-refractivity contribution >= 4 is 51.7 Å². The van der Waals surface area contributed by atoms with Gasteiger partial charge in [-0.2, -0.15) is 0 Å². The van der Waals surface area contributed by atoms with Gasteiger partial charge in [-0.3, -0.25) is 4.79 Å². The number of halogens is 1. The number of fused-ring (bicyclic) bond motifs is 1. The third-order valence-electron chi connectivity index (χ3n) is 5.84. The van der Waals surface area contributed by atoms with E-state index in [1.165, 1.54) is 17.4 Å². The van der Waals surface area contributed by atoms with E-state index in [9.17, 15) is 9.90 Å². The number of pyridine rings is 1. The number of anilines is 1. The van der Waals surface area contributed by atoms with E-state index in [0.29, 0.717) is 39.2 Å². The van der Waals surface area contributed by atoms with E-state index in [-0.39, 0.29) is 12.5 Å². The van der Waals surface area contributed by atoms with Crippen molar-refractivity contribution in [3.63, 3.8) is 0 Å². The van der Waals surface area contributed by atoms with Crippen molar-refractivity contribution in [3.05, 3.63) is 93.0 Å². The summed E-state index contributed by atoms with van der Waals surface area (Å²) in [4.78, 5) is 17.9. The Morgan fingerprint density at radius 2 is 2.08 bits per heavy atom. The van der Waals surface area contributed by atoms with Crippen molar-refractivity contribution in [2.24, 2.45) is 0 Å². The SMILES string of the molecule is Cc1noc(C)c1C(O)c1ccc(-c2cc(Cl)c3oc(CNC(=O)C=Cc4ccc(N)nc4)cc3c2)s1. The van der Waals surface area contributed by atoms with Crippen LogP contribution in [0.4, 0.5) is 5.82 Å². The monoisotopic (exact) mass is 534 g/mol. The van der Waals surface area contributed by atoms with Gasteiger partial charge in [-0.1, -0.05) is 16.8 Å². The molecule has 4 heterocycles. The van der Waals surface area contributed by atoms with Crippen LogP contribution in [0, 0.1) is 13.8 Å². The highest BCUT2D eigenvalue weighted by Crippen LogP contribution is 2.39. The Morgan fingerprint density at radius 3 is 2.81 bits per heavy atom. The number of hydrogen-bond acceptors (Lipinski definition) is 8. The van der Waals surface area contributed by atoms with Gasteiger partial charge in [0.1, 0.15) is 23.4 Å². The lowest BCUT2D eigenvalue weighted by Gasteiger charge is -2.07. The number of carbonyl (C=O) groups is 1. The number of rotatable bonds is 7. The number of nitrogens with two attached hydrogens (primary N) is 1. The normalized spacial score (nSPS) is 12.4. The molecule has 0 saturated carbocycles. The molecule has 1 unspecified atom stereocenters. The minimum atomic E-state index is -0.821. The minimum Gasteiger partial charge on any atom is -0.458 e. The molecular weight excluding hydrogens is 512 g/mol. The Morgan fingerprint density at radius 1 is 1.24 bits per heavy atom. The fourth-order valence-electron chi connectivity index (χ4n) is 3.99. The molecule has 0 saturated heterocycles. The Hall–Kier alpha value is -3.92. The van der Waals surface area contributed by atoms with Crippen LogP contribution in [0.2, 0.25) is 5.02 Å². The molecule has 0 spiro atoms. The summed E-state index contributed by atoms with van der Waals surface area (Å²) in [5.74, 6) is 1.32. The van der Waals surface area contributed by atoms with Gasteiger partial charge in [0.25, 0.3) is 0 Å². The molecule has 1 aromatic carbocycles. The first-order valence-corrected chi connectivity index (χ1v) is 12.6. The average Bonchev–Trinajstić information content (AvgIpc) is 3.61. The van der Waals surface area contributed by atoms with Crippen LogP contribution < -0.4 is 11.1 Å². The summed E-state index contributed by atoms with van der Waals surface area (Å²) in [6.07, 6.45) is 3.85. The van der Waals surface area contributed by atoms with Crippen LogP contribution >= 0.6 is 22.9 Å². The average molecular weight is 535 g/mol. The summed E-state index contributed by atoms with van der Waals surface area (Å²) in [5.41, 5.74) is 9.14. The first-order valence-electron chi connectivity index (χ1n) is 11.4. The molecule has 37 heavy (non-hydrogen) atoms. The molecule has 0 aliphatic heterocycles. The lowest BCUT2D eigenvalue weighted by atomic mass is 10.1. The Labute approximate surface area is 221 Å². The van der Waals surface area contributed by atoms with E-state index in [4.69, 9.17) is 26.3 Å². The number of amides is 1. The Bertz CT molecular complexity index is 1600. The summed E-state index contributed by atoms with van der Waals surface area (Å²) >= 11 is 8.00. The van der Waals surface area contributed by atoms with E-state index in [2.05, 4.69) is 15.5 Å². The number of benzene rings is 1. The van der Waals surface area contributed by atoms with Gasteiger partial charge in [0.2, 0.25) is 5.91 Å². The van der Waals surface area contributed by atoms with Gasteiger partial charge in [0.15, 0.2) is 5.58 Å². The number of aliphatic hydroxyl groups excluding tert-OH is 1. The number of nitrogens with zero attached hydrogens (tertiary/aromatic N) is 2. The quantitative estimate of drug-likeness (QED) is 0.225. The number of thiophene rings is 1.